The quantitative estimate of drug-likeness (QED) is 0.716. The first-order valence-corrected chi connectivity index (χ1v) is 10.4. The van der Waals surface area contributed by atoms with E-state index in [4.69, 9.17) is 4.74 Å². The Bertz CT molecular complexity index is 768. The topological polar surface area (TPSA) is 107 Å². The number of methoxy groups -OCH3 is 1. The molecule has 0 aliphatic carbocycles. The van der Waals surface area contributed by atoms with Crippen molar-refractivity contribution in [2.24, 2.45) is 0 Å². The van der Waals surface area contributed by atoms with Crippen LogP contribution in [-0.2, 0) is 24.4 Å². The minimum atomic E-state index is -3.70. The number of carbonyl (C=O) groups excluding carboxylic acids is 1. The molecule has 1 atom stereocenters. The van der Waals surface area contributed by atoms with Crippen molar-refractivity contribution in [1.29, 1.82) is 0 Å². The van der Waals surface area contributed by atoms with Crippen LogP contribution in [0.15, 0.2) is 29.2 Å². The SMILES string of the molecule is COCCNC(=O)c1ccc(S(=O)(=O)C2CCS(=O)(=O)C2)cc1. The number of carbonyl (C=O) groups is 1. The lowest BCUT2D eigenvalue weighted by Gasteiger charge is -2.11. The van der Waals surface area contributed by atoms with Crippen molar-refractivity contribution in [1.82, 2.24) is 5.32 Å². The Hall–Kier alpha value is -1.45. The van der Waals surface area contributed by atoms with E-state index >= 15 is 0 Å². The van der Waals surface area contributed by atoms with Gasteiger partial charge in [-0.2, -0.15) is 0 Å². The van der Waals surface area contributed by atoms with Crippen LogP contribution >= 0.6 is 0 Å². The van der Waals surface area contributed by atoms with E-state index in [1.165, 1.54) is 31.4 Å². The number of hydrogen-bond acceptors (Lipinski definition) is 6. The summed E-state index contributed by atoms with van der Waals surface area (Å²) in [4.78, 5) is 11.9. The Balaban J connectivity index is 2.11. The number of benzene rings is 1. The second-order valence-corrected chi connectivity index (χ2v) is 9.80. The molecule has 0 spiro atoms. The van der Waals surface area contributed by atoms with Gasteiger partial charge in [-0.05, 0) is 30.7 Å². The van der Waals surface area contributed by atoms with E-state index in [1.54, 1.807) is 0 Å². The third-order valence-electron chi connectivity index (χ3n) is 3.67. The van der Waals surface area contributed by atoms with Crippen LogP contribution in [0.3, 0.4) is 0 Å². The monoisotopic (exact) mass is 361 g/mol. The molecule has 1 heterocycles. The molecule has 1 aromatic rings. The number of hydrogen-bond donors (Lipinski definition) is 1. The van der Waals surface area contributed by atoms with E-state index in [0.29, 0.717) is 18.7 Å². The number of rotatable bonds is 6. The van der Waals surface area contributed by atoms with Crippen LogP contribution < -0.4 is 5.32 Å². The van der Waals surface area contributed by atoms with Gasteiger partial charge in [-0.1, -0.05) is 0 Å². The predicted molar refractivity (Wildman–Crippen MR) is 84.9 cm³/mol. The van der Waals surface area contributed by atoms with Gasteiger partial charge in [0.1, 0.15) is 0 Å². The van der Waals surface area contributed by atoms with Crippen LogP contribution in [0.4, 0.5) is 0 Å². The van der Waals surface area contributed by atoms with E-state index in [0.717, 1.165) is 0 Å². The zero-order chi connectivity index (χ0) is 17.1. The van der Waals surface area contributed by atoms with Gasteiger partial charge in [0.05, 0.1) is 28.3 Å². The Kier molecular flexibility index (Phi) is 5.43. The molecule has 1 aliphatic rings. The van der Waals surface area contributed by atoms with Gasteiger partial charge in [-0.15, -0.1) is 0 Å². The maximum atomic E-state index is 12.4. The zero-order valence-corrected chi connectivity index (χ0v) is 14.3. The maximum Gasteiger partial charge on any atom is 0.251 e. The molecular formula is C14H19NO6S2. The molecule has 9 heteroatoms. The molecule has 0 saturated carbocycles. The van der Waals surface area contributed by atoms with Gasteiger partial charge < -0.3 is 10.1 Å². The summed E-state index contributed by atoms with van der Waals surface area (Å²) in [6, 6.07) is 5.51. The minimum absolute atomic E-state index is 0.0352. The highest BCUT2D eigenvalue weighted by atomic mass is 32.2. The van der Waals surface area contributed by atoms with Crippen LogP contribution in [-0.4, -0.2) is 59.8 Å². The first-order valence-electron chi connectivity index (χ1n) is 7.08. The number of ether oxygens (including phenoxy) is 1. The van der Waals surface area contributed by atoms with Gasteiger partial charge in [0, 0.05) is 19.2 Å². The van der Waals surface area contributed by atoms with Gasteiger partial charge in [0.25, 0.3) is 5.91 Å². The van der Waals surface area contributed by atoms with E-state index in [9.17, 15) is 21.6 Å². The molecule has 7 nitrogen and oxygen atoms in total. The second kappa shape index (κ2) is 6.98. The van der Waals surface area contributed by atoms with Crippen molar-refractivity contribution >= 4 is 25.6 Å². The highest BCUT2D eigenvalue weighted by Crippen LogP contribution is 2.25. The molecule has 1 aliphatic heterocycles. The summed E-state index contributed by atoms with van der Waals surface area (Å²) in [6.45, 7) is 0.740. The van der Waals surface area contributed by atoms with Crippen LogP contribution in [0.5, 0.6) is 0 Å². The molecule has 0 aromatic heterocycles. The van der Waals surface area contributed by atoms with Gasteiger partial charge in [0.2, 0.25) is 0 Å². The van der Waals surface area contributed by atoms with Gasteiger partial charge in [-0.25, -0.2) is 16.8 Å². The Morgan fingerprint density at radius 3 is 2.48 bits per heavy atom. The first kappa shape index (κ1) is 17.9. The number of amides is 1. The summed E-state index contributed by atoms with van der Waals surface area (Å²) >= 11 is 0. The summed E-state index contributed by atoms with van der Waals surface area (Å²) < 4.78 is 52.6. The van der Waals surface area contributed by atoms with E-state index in [1.807, 2.05) is 0 Å². The standard InChI is InChI=1S/C14H19NO6S2/c1-21-8-7-15-14(16)11-2-4-12(5-3-11)23(19,20)13-6-9-22(17,18)10-13/h2-5,13H,6-10H2,1H3,(H,15,16). The fourth-order valence-corrected chi connectivity index (χ4v) is 6.72. The molecule has 1 amide bonds. The molecule has 1 aromatic carbocycles. The zero-order valence-electron chi connectivity index (χ0n) is 12.7. The van der Waals surface area contributed by atoms with Crippen molar-refractivity contribution in [3.63, 3.8) is 0 Å². The molecule has 23 heavy (non-hydrogen) atoms. The van der Waals surface area contributed by atoms with Crippen molar-refractivity contribution in [2.75, 3.05) is 31.8 Å². The lowest BCUT2D eigenvalue weighted by molar-refractivity contribution is 0.0937. The molecule has 128 valence electrons. The second-order valence-electron chi connectivity index (χ2n) is 5.34. The summed E-state index contributed by atoms with van der Waals surface area (Å²) in [5, 5.41) is 1.72. The summed E-state index contributed by atoms with van der Waals surface area (Å²) in [6.07, 6.45) is 0.115. The molecule has 0 bridgehead atoms. The molecular weight excluding hydrogens is 342 g/mol. The lowest BCUT2D eigenvalue weighted by Crippen LogP contribution is -2.27. The summed E-state index contributed by atoms with van der Waals surface area (Å²) in [5.74, 6) is -0.764. The third kappa shape index (κ3) is 4.30. The Labute approximate surface area is 135 Å². The average Bonchev–Trinajstić information content (AvgIpc) is 2.88. The van der Waals surface area contributed by atoms with Crippen molar-refractivity contribution < 1.29 is 26.4 Å². The molecule has 0 radical (unpaired) electrons. The van der Waals surface area contributed by atoms with E-state index < -0.39 is 24.9 Å². The Morgan fingerprint density at radius 2 is 1.96 bits per heavy atom. The van der Waals surface area contributed by atoms with E-state index in [-0.39, 0.29) is 28.7 Å². The Morgan fingerprint density at radius 1 is 1.30 bits per heavy atom. The molecule has 1 N–H and O–H groups in total. The first-order chi connectivity index (χ1) is 10.8. The average molecular weight is 361 g/mol. The predicted octanol–water partition coefficient (Wildman–Crippen LogP) is 0.0236. The third-order valence-corrected chi connectivity index (χ3v) is 7.85. The van der Waals surface area contributed by atoms with Gasteiger partial charge >= 0.3 is 0 Å². The fraction of sp³-hybridized carbons (Fsp3) is 0.500. The van der Waals surface area contributed by atoms with Crippen molar-refractivity contribution in [3.8, 4) is 0 Å². The fourth-order valence-electron chi connectivity index (χ4n) is 2.36. The molecule has 1 fully saturated rings. The van der Waals surface area contributed by atoms with E-state index in [2.05, 4.69) is 5.32 Å². The smallest absolute Gasteiger partial charge is 0.251 e. The van der Waals surface area contributed by atoms with Crippen molar-refractivity contribution in [3.05, 3.63) is 29.8 Å². The summed E-state index contributed by atoms with van der Waals surface area (Å²) in [5.41, 5.74) is 0.332. The largest absolute Gasteiger partial charge is 0.383 e. The molecule has 1 saturated heterocycles. The normalized spacial score (nSPS) is 20.3. The lowest BCUT2D eigenvalue weighted by atomic mass is 10.2. The van der Waals surface area contributed by atoms with Crippen LogP contribution in [0.2, 0.25) is 0 Å². The summed E-state index contributed by atoms with van der Waals surface area (Å²) in [7, 11) is -5.46. The molecule has 2 rings (SSSR count). The van der Waals surface area contributed by atoms with Gasteiger partial charge in [0.15, 0.2) is 19.7 Å². The molecule has 1 unspecified atom stereocenters. The van der Waals surface area contributed by atoms with Crippen LogP contribution in [0.1, 0.15) is 16.8 Å². The van der Waals surface area contributed by atoms with Gasteiger partial charge in [-0.3, -0.25) is 4.79 Å². The minimum Gasteiger partial charge on any atom is -0.383 e. The highest BCUT2D eigenvalue weighted by Gasteiger charge is 2.37. The van der Waals surface area contributed by atoms with Crippen LogP contribution in [0.25, 0.3) is 0 Å². The van der Waals surface area contributed by atoms with Crippen LogP contribution in [0, 0.1) is 0 Å². The van der Waals surface area contributed by atoms with Crippen molar-refractivity contribution in [2.45, 2.75) is 16.6 Å². The number of sulfone groups is 2. The highest BCUT2D eigenvalue weighted by molar-refractivity contribution is 7.96. The number of nitrogens with one attached hydrogen (secondary N) is 1. The maximum absolute atomic E-state index is 12.4.